The predicted octanol–water partition coefficient (Wildman–Crippen LogP) is 5.23. The molecule has 1 aliphatic heterocycles. The number of esters is 1. The lowest BCUT2D eigenvalue weighted by Gasteiger charge is -2.09. The van der Waals surface area contributed by atoms with E-state index in [-0.39, 0.29) is 11.5 Å². The third-order valence-electron chi connectivity index (χ3n) is 4.73. The largest absolute Gasteiger partial charge is 0.494 e. The quantitative estimate of drug-likeness (QED) is 0.333. The summed E-state index contributed by atoms with van der Waals surface area (Å²) in [6.45, 7) is 4.26. The maximum Gasteiger partial charge on any atom is 0.343 e. The highest BCUT2D eigenvalue weighted by molar-refractivity contribution is 6.14. The van der Waals surface area contributed by atoms with Crippen LogP contribution < -0.4 is 14.2 Å². The first kappa shape index (κ1) is 19.5. The van der Waals surface area contributed by atoms with Crippen LogP contribution in [0.3, 0.4) is 0 Å². The summed E-state index contributed by atoms with van der Waals surface area (Å²) in [4.78, 5) is 25.3. The Morgan fingerprint density at radius 2 is 1.80 bits per heavy atom. The molecule has 0 radical (unpaired) electrons. The van der Waals surface area contributed by atoms with Crippen LogP contribution in [-0.2, 0) is 0 Å². The molecule has 1 aliphatic rings. The van der Waals surface area contributed by atoms with Gasteiger partial charge in [0.1, 0.15) is 17.2 Å². The van der Waals surface area contributed by atoms with E-state index < -0.39 is 5.97 Å². The van der Waals surface area contributed by atoms with E-state index in [1.807, 2.05) is 26.0 Å². The molecule has 0 bridgehead atoms. The molecule has 0 atom stereocenters. The number of carbonyl (C=O) groups is 2. The molecule has 150 valence electrons. The predicted molar refractivity (Wildman–Crippen MR) is 113 cm³/mol. The van der Waals surface area contributed by atoms with Gasteiger partial charge < -0.3 is 14.2 Å². The van der Waals surface area contributed by atoms with Gasteiger partial charge in [-0.25, -0.2) is 4.79 Å². The highest BCUT2D eigenvalue weighted by atomic mass is 16.5. The molecule has 0 saturated carbocycles. The fourth-order valence-electron chi connectivity index (χ4n) is 3.21. The molecule has 4 rings (SSSR count). The van der Waals surface area contributed by atoms with Crippen LogP contribution in [0.25, 0.3) is 6.08 Å². The molecule has 0 unspecified atom stereocenters. The van der Waals surface area contributed by atoms with E-state index >= 15 is 0 Å². The highest BCUT2D eigenvalue weighted by Gasteiger charge is 2.28. The van der Waals surface area contributed by atoms with Crippen molar-refractivity contribution in [2.45, 2.75) is 13.8 Å². The van der Waals surface area contributed by atoms with Gasteiger partial charge in [0.2, 0.25) is 5.78 Å². The van der Waals surface area contributed by atoms with Gasteiger partial charge in [-0.1, -0.05) is 36.4 Å². The normalized spacial score (nSPS) is 13.7. The van der Waals surface area contributed by atoms with Crippen LogP contribution in [0, 0.1) is 6.92 Å². The first-order valence-electron chi connectivity index (χ1n) is 9.64. The summed E-state index contributed by atoms with van der Waals surface area (Å²) in [7, 11) is 0. The van der Waals surface area contributed by atoms with Crippen molar-refractivity contribution in [1.29, 1.82) is 0 Å². The Hall–Kier alpha value is -3.86. The Balaban J connectivity index is 1.61. The van der Waals surface area contributed by atoms with Crippen LogP contribution in [0.5, 0.6) is 17.2 Å². The van der Waals surface area contributed by atoms with E-state index in [0.717, 1.165) is 5.56 Å². The van der Waals surface area contributed by atoms with Crippen molar-refractivity contribution in [3.63, 3.8) is 0 Å². The Morgan fingerprint density at radius 3 is 2.60 bits per heavy atom. The molecule has 0 spiro atoms. The minimum absolute atomic E-state index is 0.165. The van der Waals surface area contributed by atoms with Crippen LogP contribution in [0.2, 0.25) is 0 Å². The van der Waals surface area contributed by atoms with E-state index in [9.17, 15) is 9.59 Å². The Labute approximate surface area is 174 Å². The zero-order valence-electron chi connectivity index (χ0n) is 16.7. The van der Waals surface area contributed by atoms with Gasteiger partial charge in [-0.15, -0.1) is 0 Å². The van der Waals surface area contributed by atoms with E-state index in [0.29, 0.717) is 40.5 Å². The van der Waals surface area contributed by atoms with Crippen LogP contribution >= 0.6 is 0 Å². The molecule has 3 aromatic rings. The number of fused-ring (bicyclic) bond motifs is 1. The highest BCUT2D eigenvalue weighted by Crippen LogP contribution is 2.35. The lowest BCUT2D eigenvalue weighted by atomic mass is 10.1. The minimum Gasteiger partial charge on any atom is -0.494 e. The van der Waals surface area contributed by atoms with Gasteiger partial charge in [-0.05, 0) is 49.8 Å². The molecule has 5 nitrogen and oxygen atoms in total. The second-order valence-corrected chi connectivity index (χ2v) is 6.77. The molecule has 0 saturated heterocycles. The van der Waals surface area contributed by atoms with Gasteiger partial charge in [-0.2, -0.15) is 0 Å². The summed E-state index contributed by atoms with van der Waals surface area (Å²) in [5, 5.41) is 0. The maximum absolute atomic E-state index is 12.7. The Bertz CT molecular complexity index is 1160. The number of benzene rings is 3. The SMILES string of the molecule is CCOc1ccc2c(c1)O/C(=C\c1ccccc1OC(=O)c1ccccc1C)C2=O. The number of aryl methyl sites for hydroxylation is 1. The van der Waals surface area contributed by atoms with Crippen molar-refractivity contribution < 1.29 is 23.8 Å². The molecular formula is C25H20O5. The number of hydrogen-bond donors (Lipinski definition) is 0. The second-order valence-electron chi connectivity index (χ2n) is 6.77. The number of rotatable bonds is 5. The van der Waals surface area contributed by atoms with Crippen molar-refractivity contribution in [1.82, 2.24) is 0 Å². The summed E-state index contributed by atoms with van der Waals surface area (Å²) in [5.41, 5.74) is 2.36. The number of ether oxygens (including phenoxy) is 3. The zero-order valence-corrected chi connectivity index (χ0v) is 16.7. The summed E-state index contributed by atoms with van der Waals surface area (Å²) in [5.74, 6) is 0.915. The lowest BCUT2D eigenvalue weighted by Crippen LogP contribution is -2.11. The summed E-state index contributed by atoms with van der Waals surface area (Å²) in [6, 6.07) is 19.4. The van der Waals surface area contributed by atoms with Crippen molar-refractivity contribution in [2.24, 2.45) is 0 Å². The van der Waals surface area contributed by atoms with Gasteiger partial charge in [0, 0.05) is 11.6 Å². The van der Waals surface area contributed by atoms with Gasteiger partial charge in [0.15, 0.2) is 5.76 Å². The average molecular weight is 400 g/mol. The molecule has 0 N–H and O–H groups in total. The van der Waals surface area contributed by atoms with E-state index in [1.165, 1.54) is 0 Å². The standard InChI is InChI=1S/C25H20O5/c1-3-28-18-12-13-20-22(15-18)29-23(24(20)26)14-17-9-5-7-11-21(17)30-25(27)19-10-6-4-8-16(19)2/h4-15H,3H2,1-2H3/b23-14-. The van der Waals surface area contributed by atoms with Gasteiger partial charge in [-0.3, -0.25) is 4.79 Å². The maximum atomic E-state index is 12.7. The topological polar surface area (TPSA) is 61.8 Å². The molecule has 5 heteroatoms. The first-order valence-corrected chi connectivity index (χ1v) is 9.64. The second kappa shape index (κ2) is 8.25. The lowest BCUT2D eigenvalue weighted by molar-refractivity contribution is 0.0733. The van der Waals surface area contributed by atoms with Crippen molar-refractivity contribution >= 4 is 17.8 Å². The number of hydrogen-bond acceptors (Lipinski definition) is 5. The van der Waals surface area contributed by atoms with Gasteiger partial charge >= 0.3 is 5.97 Å². The fraction of sp³-hybridized carbons (Fsp3) is 0.120. The fourth-order valence-corrected chi connectivity index (χ4v) is 3.21. The summed E-state index contributed by atoms with van der Waals surface area (Å²) < 4.78 is 16.8. The van der Waals surface area contributed by atoms with Crippen LogP contribution in [0.15, 0.2) is 72.5 Å². The third kappa shape index (κ3) is 3.82. The van der Waals surface area contributed by atoms with Crippen LogP contribution in [-0.4, -0.2) is 18.4 Å². The number of carbonyl (C=O) groups excluding carboxylic acids is 2. The van der Waals surface area contributed by atoms with Gasteiger partial charge in [0.05, 0.1) is 17.7 Å². The third-order valence-corrected chi connectivity index (χ3v) is 4.73. The average Bonchev–Trinajstić information content (AvgIpc) is 3.05. The van der Waals surface area contributed by atoms with Crippen LogP contribution in [0.4, 0.5) is 0 Å². The van der Waals surface area contributed by atoms with Crippen molar-refractivity contribution in [2.75, 3.05) is 6.61 Å². The molecule has 0 aliphatic carbocycles. The van der Waals surface area contributed by atoms with Crippen molar-refractivity contribution in [3.8, 4) is 17.2 Å². The monoisotopic (exact) mass is 400 g/mol. The van der Waals surface area contributed by atoms with Crippen LogP contribution in [0.1, 0.15) is 38.8 Å². The molecule has 0 amide bonds. The molecule has 0 aromatic heterocycles. The molecule has 1 heterocycles. The number of allylic oxidation sites excluding steroid dienone is 1. The number of para-hydroxylation sites is 1. The van der Waals surface area contributed by atoms with Gasteiger partial charge in [0.25, 0.3) is 0 Å². The first-order chi connectivity index (χ1) is 14.6. The molecular weight excluding hydrogens is 380 g/mol. The van der Waals surface area contributed by atoms with Crippen molar-refractivity contribution in [3.05, 3.63) is 94.7 Å². The number of Topliss-reactive ketones (excluding diaryl/α,β-unsaturated/α-hetero) is 1. The van der Waals surface area contributed by atoms with E-state index in [2.05, 4.69) is 0 Å². The summed E-state index contributed by atoms with van der Waals surface area (Å²) >= 11 is 0. The molecule has 30 heavy (non-hydrogen) atoms. The zero-order chi connectivity index (χ0) is 21.1. The summed E-state index contributed by atoms with van der Waals surface area (Å²) in [6.07, 6.45) is 1.59. The molecule has 0 fully saturated rings. The molecule has 3 aromatic carbocycles. The Kier molecular flexibility index (Phi) is 5.35. The minimum atomic E-state index is -0.456. The van der Waals surface area contributed by atoms with E-state index in [4.69, 9.17) is 14.2 Å². The smallest absolute Gasteiger partial charge is 0.343 e. The number of ketones is 1. The Morgan fingerprint density at radius 1 is 1.03 bits per heavy atom. The van der Waals surface area contributed by atoms with E-state index in [1.54, 1.807) is 60.7 Å².